The maximum absolute atomic E-state index is 13.2. The molecule has 0 radical (unpaired) electrons. The van der Waals surface area contributed by atoms with Gasteiger partial charge in [0.2, 0.25) is 21.8 Å². The van der Waals surface area contributed by atoms with Crippen molar-refractivity contribution in [2.75, 3.05) is 39.8 Å². The van der Waals surface area contributed by atoms with Gasteiger partial charge < -0.3 is 14.5 Å². The fraction of sp³-hybridized carbons (Fsp3) is 0.455. The molecule has 0 N–H and O–H groups in total. The molecule has 0 spiro atoms. The van der Waals surface area contributed by atoms with E-state index in [1.165, 1.54) is 34.9 Å². The number of sulfonamides is 1. The maximum Gasteiger partial charge on any atom is 0.245 e. The molecule has 2 aliphatic heterocycles. The van der Waals surface area contributed by atoms with Gasteiger partial charge in [-0.2, -0.15) is 4.31 Å². The molecule has 0 saturated carbocycles. The van der Waals surface area contributed by atoms with Gasteiger partial charge in [-0.25, -0.2) is 8.42 Å². The van der Waals surface area contributed by atoms with E-state index in [9.17, 15) is 18.0 Å². The van der Waals surface area contributed by atoms with E-state index < -0.39 is 16.1 Å². The summed E-state index contributed by atoms with van der Waals surface area (Å²) in [6.07, 6.45) is 1.77. The first-order chi connectivity index (χ1) is 15.4. The lowest BCUT2D eigenvalue weighted by Crippen LogP contribution is -2.55. The fourth-order valence-electron chi connectivity index (χ4n) is 4.24. The summed E-state index contributed by atoms with van der Waals surface area (Å²) in [5, 5.41) is 1.94. The second-order valence-electron chi connectivity index (χ2n) is 7.91. The molecule has 1 aromatic carbocycles. The molecule has 2 aromatic rings. The third-order valence-corrected chi connectivity index (χ3v) is 8.80. The Kier molecular flexibility index (Phi) is 6.82. The zero-order valence-corrected chi connectivity index (χ0v) is 19.6. The van der Waals surface area contributed by atoms with Crippen molar-refractivity contribution in [3.63, 3.8) is 0 Å². The van der Waals surface area contributed by atoms with Crippen LogP contribution in [0.1, 0.15) is 17.7 Å². The smallest absolute Gasteiger partial charge is 0.245 e. The van der Waals surface area contributed by atoms with Crippen LogP contribution in [0.4, 0.5) is 0 Å². The first-order valence-corrected chi connectivity index (χ1v) is 13.0. The molecule has 2 amide bonds. The number of piperazine rings is 1. The molecule has 172 valence electrons. The first kappa shape index (κ1) is 22.8. The minimum absolute atomic E-state index is 0.0241. The molecule has 1 unspecified atom stereocenters. The molecule has 2 fully saturated rings. The molecule has 32 heavy (non-hydrogen) atoms. The summed E-state index contributed by atoms with van der Waals surface area (Å²) in [5.74, 6) is 0.488. The average molecular weight is 478 g/mol. The van der Waals surface area contributed by atoms with Crippen molar-refractivity contribution in [1.82, 2.24) is 14.1 Å². The Balaban J connectivity index is 1.36. The highest BCUT2D eigenvalue weighted by Gasteiger charge is 2.38. The molecular weight excluding hydrogens is 450 g/mol. The van der Waals surface area contributed by atoms with Gasteiger partial charge in [0.05, 0.1) is 18.4 Å². The van der Waals surface area contributed by atoms with Crippen molar-refractivity contribution in [2.45, 2.75) is 30.2 Å². The lowest BCUT2D eigenvalue weighted by atomic mass is 10.1. The number of benzene rings is 1. The lowest BCUT2D eigenvalue weighted by Gasteiger charge is -2.36. The monoisotopic (exact) mass is 477 g/mol. The Morgan fingerprint density at radius 1 is 1.06 bits per heavy atom. The highest BCUT2D eigenvalue weighted by Crippen LogP contribution is 2.24. The molecule has 2 aliphatic rings. The molecule has 1 aromatic heterocycles. The van der Waals surface area contributed by atoms with Crippen molar-refractivity contribution in [3.05, 3.63) is 46.7 Å². The van der Waals surface area contributed by atoms with Crippen LogP contribution in [0.15, 0.2) is 46.7 Å². The number of carbonyl (C=O) groups excluding carboxylic acids is 2. The number of likely N-dealkylation sites (tertiary alicyclic amines) is 1. The molecule has 2 saturated heterocycles. The fourth-order valence-corrected chi connectivity index (χ4v) is 6.36. The third-order valence-electron chi connectivity index (χ3n) is 6.01. The van der Waals surface area contributed by atoms with Crippen molar-refractivity contribution in [1.29, 1.82) is 0 Å². The SMILES string of the molecule is COc1ccc(S(=O)(=O)N2CCN(C(=O)C3CCCN3C(=O)Cc3cccs3)CC2)cc1. The minimum atomic E-state index is -3.63. The molecule has 10 heteroatoms. The number of hydrogen-bond donors (Lipinski definition) is 0. The van der Waals surface area contributed by atoms with Crippen LogP contribution in [0.5, 0.6) is 5.75 Å². The van der Waals surface area contributed by atoms with Gasteiger partial charge in [-0.1, -0.05) is 6.07 Å². The zero-order valence-electron chi connectivity index (χ0n) is 18.0. The lowest BCUT2D eigenvalue weighted by molar-refractivity contribution is -0.144. The van der Waals surface area contributed by atoms with Crippen LogP contribution in [0.3, 0.4) is 0 Å². The molecular formula is C22H27N3O5S2. The number of carbonyl (C=O) groups is 2. The highest BCUT2D eigenvalue weighted by atomic mass is 32.2. The molecule has 1 atom stereocenters. The van der Waals surface area contributed by atoms with Gasteiger partial charge in [0.1, 0.15) is 11.8 Å². The Morgan fingerprint density at radius 3 is 2.41 bits per heavy atom. The number of ether oxygens (including phenoxy) is 1. The number of rotatable bonds is 6. The van der Waals surface area contributed by atoms with E-state index in [0.29, 0.717) is 38.2 Å². The van der Waals surface area contributed by atoms with Crippen molar-refractivity contribution < 1.29 is 22.7 Å². The van der Waals surface area contributed by atoms with Crippen molar-refractivity contribution in [2.24, 2.45) is 0 Å². The third kappa shape index (κ3) is 4.67. The van der Waals surface area contributed by atoms with E-state index in [-0.39, 0.29) is 29.8 Å². The summed E-state index contributed by atoms with van der Waals surface area (Å²) >= 11 is 1.54. The summed E-state index contributed by atoms with van der Waals surface area (Å²) in [7, 11) is -2.10. The summed E-state index contributed by atoms with van der Waals surface area (Å²) in [5.41, 5.74) is 0. The first-order valence-electron chi connectivity index (χ1n) is 10.6. The van der Waals surface area contributed by atoms with Crippen molar-refractivity contribution >= 4 is 33.2 Å². The van der Waals surface area contributed by atoms with Gasteiger partial charge in [0.15, 0.2) is 0 Å². The number of hydrogen-bond acceptors (Lipinski definition) is 6. The topological polar surface area (TPSA) is 87.2 Å². The van der Waals surface area contributed by atoms with E-state index in [4.69, 9.17) is 4.74 Å². The van der Waals surface area contributed by atoms with Crippen LogP contribution < -0.4 is 4.74 Å². The second kappa shape index (κ2) is 9.60. The minimum Gasteiger partial charge on any atom is -0.497 e. The summed E-state index contributed by atoms with van der Waals surface area (Å²) in [6.45, 7) is 1.69. The number of amides is 2. The van der Waals surface area contributed by atoms with Gasteiger partial charge in [0.25, 0.3) is 0 Å². The Morgan fingerprint density at radius 2 is 1.78 bits per heavy atom. The van der Waals surface area contributed by atoms with Crippen LogP contribution in [-0.4, -0.2) is 80.2 Å². The van der Waals surface area contributed by atoms with Crippen molar-refractivity contribution in [3.8, 4) is 5.75 Å². The predicted octanol–water partition coefficient (Wildman–Crippen LogP) is 1.82. The molecule has 0 aliphatic carbocycles. The van der Waals surface area contributed by atoms with Gasteiger partial charge in [-0.05, 0) is 48.6 Å². The van der Waals surface area contributed by atoms with E-state index in [1.54, 1.807) is 21.9 Å². The molecule has 0 bridgehead atoms. The Bertz CT molecular complexity index is 1050. The van der Waals surface area contributed by atoms with Crippen LogP contribution >= 0.6 is 11.3 Å². The predicted molar refractivity (Wildman–Crippen MR) is 121 cm³/mol. The van der Waals surface area contributed by atoms with Crippen LogP contribution in [0.25, 0.3) is 0 Å². The van der Waals surface area contributed by atoms with Crippen LogP contribution in [-0.2, 0) is 26.0 Å². The van der Waals surface area contributed by atoms with E-state index in [1.807, 2.05) is 17.5 Å². The van der Waals surface area contributed by atoms with Crippen LogP contribution in [0, 0.1) is 0 Å². The number of nitrogens with zero attached hydrogens (tertiary/aromatic N) is 3. The van der Waals surface area contributed by atoms with Gasteiger partial charge >= 0.3 is 0 Å². The second-order valence-corrected chi connectivity index (χ2v) is 10.9. The summed E-state index contributed by atoms with van der Waals surface area (Å²) < 4.78 is 32.4. The molecule has 8 nitrogen and oxygen atoms in total. The quantitative estimate of drug-likeness (QED) is 0.634. The van der Waals surface area contributed by atoms with E-state index >= 15 is 0 Å². The van der Waals surface area contributed by atoms with E-state index in [2.05, 4.69) is 0 Å². The van der Waals surface area contributed by atoms with E-state index in [0.717, 1.165) is 11.3 Å². The zero-order chi connectivity index (χ0) is 22.7. The number of methoxy groups -OCH3 is 1. The van der Waals surface area contributed by atoms with Gasteiger partial charge in [0, 0.05) is 37.6 Å². The molecule has 3 heterocycles. The Labute approximate surface area is 192 Å². The van der Waals surface area contributed by atoms with Crippen LogP contribution in [0.2, 0.25) is 0 Å². The maximum atomic E-state index is 13.2. The van der Waals surface area contributed by atoms with Gasteiger partial charge in [-0.3, -0.25) is 9.59 Å². The van der Waals surface area contributed by atoms with Gasteiger partial charge in [-0.15, -0.1) is 11.3 Å². The average Bonchev–Trinajstić information content (AvgIpc) is 3.51. The largest absolute Gasteiger partial charge is 0.497 e. The summed E-state index contributed by atoms with van der Waals surface area (Å²) in [6, 6.07) is 9.69. The molecule has 4 rings (SSSR count). The Hall–Kier alpha value is -2.43. The normalized spacial score (nSPS) is 19.8. The highest BCUT2D eigenvalue weighted by molar-refractivity contribution is 7.89. The standard InChI is InChI=1S/C22H27N3O5S2/c1-30-17-6-8-19(9-7-17)32(28,29)24-13-11-23(12-14-24)22(27)20-5-2-10-25(20)21(26)16-18-4-3-15-31-18/h3-4,6-9,15,20H,2,5,10-14,16H2,1H3. The number of thiophene rings is 1. The summed E-state index contributed by atoms with van der Waals surface area (Å²) in [4.78, 5) is 30.5.